The maximum atomic E-state index is 14.8. The van der Waals surface area contributed by atoms with Crippen LogP contribution in [0.3, 0.4) is 0 Å². The van der Waals surface area contributed by atoms with Crippen molar-refractivity contribution >= 4 is 11.8 Å². The highest BCUT2D eigenvalue weighted by molar-refractivity contribution is 5.94. The van der Waals surface area contributed by atoms with Gasteiger partial charge in [-0.25, -0.2) is 13.8 Å². The maximum absolute atomic E-state index is 14.8. The van der Waals surface area contributed by atoms with Crippen LogP contribution >= 0.6 is 0 Å². The molecule has 1 N–H and O–H groups in total. The summed E-state index contributed by atoms with van der Waals surface area (Å²) < 4.78 is 54.4. The van der Waals surface area contributed by atoms with Crippen LogP contribution in [0.4, 0.5) is 13.2 Å². The molecule has 2 amide bonds. The van der Waals surface area contributed by atoms with E-state index in [2.05, 4.69) is 5.32 Å². The van der Waals surface area contributed by atoms with Gasteiger partial charge >= 0.3 is 0 Å². The van der Waals surface area contributed by atoms with Crippen LogP contribution in [0, 0.1) is 28.3 Å². The lowest BCUT2D eigenvalue weighted by atomic mass is 9.62. The second-order valence-corrected chi connectivity index (χ2v) is 10.1. The summed E-state index contributed by atoms with van der Waals surface area (Å²) in [6.07, 6.45) is 3.11. The first kappa shape index (κ1) is 29.3. The lowest BCUT2D eigenvalue weighted by Gasteiger charge is -2.44. The normalized spacial score (nSPS) is 21.1. The van der Waals surface area contributed by atoms with Crippen molar-refractivity contribution in [3.05, 3.63) is 58.9 Å². The molecule has 208 valence electrons. The number of hydroxylamine groups is 2. The lowest BCUT2D eigenvalue weighted by molar-refractivity contribution is -0.184. The molecule has 0 bridgehead atoms. The number of hydrogen-bond acceptors (Lipinski definition) is 5. The SMILES string of the molecule is CCC1(C(=O)N(C)OC)CCC(C)(CNC(=O)c2cc(F)c(OCc3ccc(OC)cc3)c(F)c2F)CC1. The summed E-state index contributed by atoms with van der Waals surface area (Å²) in [5, 5.41) is 3.86. The molecule has 1 fully saturated rings. The highest BCUT2D eigenvalue weighted by Gasteiger charge is 2.45. The van der Waals surface area contributed by atoms with Crippen molar-refractivity contribution in [3.8, 4) is 11.5 Å². The first-order valence-electron chi connectivity index (χ1n) is 12.5. The van der Waals surface area contributed by atoms with Crippen molar-refractivity contribution in [2.24, 2.45) is 10.8 Å². The van der Waals surface area contributed by atoms with Gasteiger partial charge in [-0.2, -0.15) is 4.39 Å². The Morgan fingerprint density at radius 1 is 1.03 bits per heavy atom. The van der Waals surface area contributed by atoms with Gasteiger partial charge in [0.1, 0.15) is 12.4 Å². The van der Waals surface area contributed by atoms with Gasteiger partial charge in [-0.1, -0.05) is 26.0 Å². The molecule has 2 aromatic rings. The number of nitrogens with one attached hydrogen (secondary N) is 1. The van der Waals surface area contributed by atoms with Gasteiger partial charge < -0.3 is 14.8 Å². The molecule has 0 saturated heterocycles. The van der Waals surface area contributed by atoms with E-state index in [1.54, 1.807) is 31.3 Å². The third-order valence-electron chi connectivity index (χ3n) is 7.68. The highest BCUT2D eigenvalue weighted by atomic mass is 19.2. The Hall–Kier alpha value is -3.27. The number of nitrogens with zero attached hydrogens (tertiary/aromatic N) is 1. The second kappa shape index (κ2) is 12.1. The van der Waals surface area contributed by atoms with E-state index in [4.69, 9.17) is 14.3 Å². The maximum Gasteiger partial charge on any atom is 0.254 e. The van der Waals surface area contributed by atoms with Crippen molar-refractivity contribution in [1.82, 2.24) is 10.4 Å². The molecule has 0 atom stereocenters. The van der Waals surface area contributed by atoms with E-state index in [0.29, 0.717) is 49.5 Å². The molecule has 1 saturated carbocycles. The Morgan fingerprint density at radius 3 is 2.21 bits per heavy atom. The van der Waals surface area contributed by atoms with Crippen LogP contribution in [0.25, 0.3) is 0 Å². The molecule has 1 aliphatic carbocycles. The number of carbonyl (C=O) groups excluding carboxylic acids is 2. The van der Waals surface area contributed by atoms with Crippen LogP contribution in [-0.4, -0.2) is 44.7 Å². The monoisotopic (exact) mass is 536 g/mol. The minimum atomic E-state index is -1.57. The van der Waals surface area contributed by atoms with Gasteiger partial charge in [-0.05, 0) is 61.3 Å². The Labute approximate surface area is 221 Å². The van der Waals surface area contributed by atoms with Gasteiger partial charge in [0, 0.05) is 13.6 Å². The van der Waals surface area contributed by atoms with Crippen molar-refractivity contribution in [2.75, 3.05) is 27.8 Å². The van der Waals surface area contributed by atoms with E-state index in [1.807, 2.05) is 13.8 Å². The van der Waals surface area contributed by atoms with Crippen molar-refractivity contribution in [2.45, 2.75) is 52.6 Å². The number of benzene rings is 2. The molecule has 38 heavy (non-hydrogen) atoms. The second-order valence-electron chi connectivity index (χ2n) is 10.1. The van der Waals surface area contributed by atoms with E-state index in [9.17, 15) is 22.8 Å². The average Bonchev–Trinajstić information content (AvgIpc) is 2.93. The van der Waals surface area contributed by atoms with Crippen LogP contribution < -0.4 is 14.8 Å². The third kappa shape index (κ3) is 6.23. The average molecular weight is 537 g/mol. The summed E-state index contributed by atoms with van der Waals surface area (Å²) >= 11 is 0. The summed E-state index contributed by atoms with van der Waals surface area (Å²) in [4.78, 5) is 30.6. The molecule has 2 aromatic carbocycles. The first-order chi connectivity index (χ1) is 18.0. The Bertz CT molecular complexity index is 1150. The van der Waals surface area contributed by atoms with Gasteiger partial charge in [0.2, 0.25) is 5.82 Å². The number of hydrogen-bond donors (Lipinski definition) is 1. The van der Waals surface area contributed by atoms with Gasteiger partial charge in [0.15, 0.2) is 17.4 Å². The molecule has 0 radical (unpaired) electrons. The van der Waals surface area contributed by atoms with Gasteiger partial charge in [0.05, 0.1) is 25.2 Å². The quantitative estimate of drug-likeness (QED) is 0.324. The number of methoxy groups -OCH3 is 1. The number of halogens is 3. The minimum absolute atomic E-state index is 0.0871. The summed E-state index contributed by atoms with van der Waals surface area (Å²) in [5.74, 6) is -5.54. The van der Waals surface area contributed by atoms with Gasteiger partial charge in [-0.3, -0.25) is 14.4 Å². The van der Waals surface area contributed by atoms with Crippen molar-refractivity contribution in [1.29, 1.82) is 0 Å². The molecular weight excluding hydrogens is 501 g/mol. The lowest BCUT2D eigenvalue weighted by Crippen LogP contribution is -2.47. The number of ether oxygens (including phenoxy) is 2. The predicted octanol–water partition coefficient (Wildman–Crippen LogP) is 5.42. The van der Waals surface area contributed by atoms with E-state index in [1.165, 1.54) is 19.3 Å². The number of carbonyl (C=O) groups is 2. The van der Waals surface area contributed by atoms with Crippen molar-refractivity contribution in [3.63, 3.8) is 0 Å². The molecule has 7 nitrogen and oxygen atoms in total. The topological polar surface area (TPSA) is 77.1 Å². The molecule has 1 aliphatic rings. The zero-order valence-corrected chi connectivity index (χ0v) is 22.5. The van der Waals surface area contributed by atoms with E-state index in [-0.39, 0.29) is 24.5 Å². The predicted molar refractivity (Wildman–Crippen MR) is 135 cm³/mol. The Kier molecular flexibility index (Phi) is 9.30. The largest absolute Gasteiger partial charge is 0.497 e. The summed E-state index contributed by atoms with van der Waals surface area (Å²) in [6.45, 7) is 3.88. The molecule has 0 spiro atoms. The molecule has 0 heterocycles. The zero-order chi connectivity index (χ0) is 28.1. The molecule has 0 unspecified atom stereocenters. The van der Waals surface area contributed by atoms with Gasteiger partial charge in [0.25, 0.3) is 11.8 Å². The summed E-state index contributed by atoms with van der Waals surface area (Å²) in [6, 6.07) is 7.25. The number of amides is 2. The molecule has 0 aromatic heterocycles. The molecular formula is C28H35F3N2O5. The standard InChI is InChI=1S/C28H35F3N2O5/c1-6-28(26(35)33(3)37-5)13-11-27(2,12-14-28)17-32-25(34)20-15-21(29)24(23(31)22(20)30)38-16-18-7-9-19(36-4)10-8-18/h7-10,15H,6,11-14,16-17H2,1-5H3,(H,32,34). The fraction of sp³-hybridized carbons (Fsp3) is 0.500. The van der Waals surface area contributed by atoms with E-state index >= 15 is 0 Å². The zero-order valence-electron chi connectivity index (χ0n) is 22.5. The fourth-order valence-electron chi connectivity index (χ4n) is 4.79. The van der Waals surface area contributed by atoms with Crippen LogP contribution in [0.2, 0.25) is 0 Å². The molecule has 10 heteroatoms. The minimum Gasteiger partial charge on any atom is -0.497 e. The van der Waals surface area contributed by atoms with Crippen LogP contribution in [0.1, 0.15) is 61.9 Å². The smallest absolute Gasteiger partial charge is 0.254 e. The van der Waals surface area contributed by atoms with Crippen LogP contribution in [0.15, 0.2) is 30.3 Å². The van der Waals surface area contributed by atoms with Crippen LogP contribution in [-0.2, 0) is 16.2 Å². The third-order valence-corrected chi connectivity index (χ3v) is 7.68. The number of rotatable bonds is 10. The summed E-state index contributed by atoms with van der Waals surface area (Å²) in [7, 11) is 4.53. The van der Waals surface area contributed by atoms with Crippen LogP contribution in [0.5, 0.6) is 11.5 Å². The molecule has 0 aliphatic heterocycles. The van der Waals surface area contributed by atoms with Crippen molar-refractivity contribution < 1.29 is 37.1 Å². The highest BCUT2D eigenvalue weighted by Crippen LogP contribution is 2.48. The Balaban J connectivity index is 1.64. The van der Waals surface area contributed by atoms with E-state index < -0.39 is 40.1 Å². The fourth-order valence-corrected chi connectivity index (χ4v) is 4.79. The first-order valence-corrected chi connectivity index (χ1v) is 12.5. The van der Waals surface area contributed by atoms with E-state index in [0.717, 1.165) is 0 Å². The molecule has 3 rings (SSSR count). The Morgan fingerprint density at radius 2 is 1.66 bits per heavy atom. The van der Waals surface area contributed by atoms with Gasteiger partial charge in [-0.15, -0.1) is 0 Å². The summed E-state index contributed by atoms with van der Waals surface area (Å²) in [5.41, 5.74) is -1.06.